The molecule has 0 amide bonds. The predicted molar refractivity (Wildman–Crippen MR) is 74.7 cm³/mol. The van der Waals surface area contributed by atoms with Crippen molar-refractivity contribution in [1.29, 1.82) is 0 Å². The Bertz CT molecular complexity index is 394. The van der Waals surface area contributed by atoms with Crippen LogP contribution >= 0.6 is 0 Å². The number of benzene rings is 1. The quantitative estimate of drug-likeness (QED) is 0.607. The molecule has 1 heteroatoms. The van der Waals surface area contributed by atoms with Crippen LogP contribution in [-0.4, -0.2) is 0 Å². The zero-order valence-corrected chi connectivity index (χ0v) is 11.1. The SMILES string of the molecule is C=C/C(C)=C(F)\C=C/C.Cc1cccc(C)c1. The van der Waals surface area contributed by atoms with E-state index < -0.39 is 0 Å². The molecular formula is C16H21F. The molecule has 0 aliphatic carbocycles. The van der Waals surface area contributed by atoms with Crippen LogP contribution in [0.1, 0.15) is 25.0 Å². The largest absolute Gasteiger partial charge is 0.207 e. The standard InChI is InChI=1S/C8H11F.C8H10/c1-4-6-8(9)7(3)5-2;1-7-4-3-5-8(2)6-7/h4-6H,2H2,1,3H3;3-6H,1-2H3/b6-4-,8-7+;. The smallest absolute Gasteiger partial charge is 0.125 e. The summed E-state index contributed by atoms with van der Waals surface area (Å²) in [6, 6.07) is 8.45. The van der Waals surface area contributed by atoms with Gasteiger partial charge in [-0.05, 0) is 39.3 Å². The second-order valence-electron chi connectivity index (χ2n) is 3.89. The summed E-state index contributed by atoms with van der Waals surface area (Å²) in [4.78, 5) is 0. The van der Waals surface area contributed by atoms with Gasteiger partial charge in [0.15, 0.2) is 0 Å². The Morgan fingerprint density at radius 3 is 2.06 bits per heavy atom. The van der Waals surface area contributed by atoms with Crippen molar-refractivity contribution in [3.05, 3.63) is 71.6 Å². The van der Waals surface area contributed by atoms with Gasteiger partial charge in [-0.1, -0.05) is 54.1 Å². The van der Waals surface area contributed by atoms with Gasteiger partial charge in [0.05, 0.1) is 0 Å². The minimum atomic E-state index is -0.215. The Morgan fingerprint density at radius 1 is 1.24 bits per heavy atom. The summed E-state index contributed by atoms with van der Waals surface area (Å²) < 4.78 is 12.5. The highest BCUT2D eigenvalue weighted by atomic mass is 19.1. The predicted octanol–water partition coefficient (Wildman–Crippen LogP) is 5.30. The average Bonchev–Trinajstić information content (AvgIpc) is 2.28. The molecule has 0 N–H and O–H groups in total. The summed E-state index contributed by atoms with van der Waals surface area (Å²) >= 11 is 0. The minimum Gasteiger partial charge on any atom is -0.207 e. The molecule has 0 nitrogen and oxygen atoms in total. The molecule has 1 rings (SSSR count). The lowest BCUT2D eigenvalue weighted by molar-refractivity contribution is 0.658. The summed E-state index contributed by atoms with van der Waals surface area (Å²) in [5.74, 6) is -0.215. The highest BCUT2D eigenvalue weighted by molar-refractivity contribution is 5.25. The average molecular weight is 232 g/mol. The highest BCUT2D eigenvalue weighted by Gasteiger charge is 1.89. The van der Waals surface area contributed by atoms with Crippen LogP contribution in [-0.2, 0) is 0 Å². The van der Waals surface area contributed by atoms with Crippen LogP contribution in [0, 0.1) is 13.8 Å². The van der Waals surface area contributed by atoms with Crippen LogP contribution in [0.25, 0.3) is 0 Å². The third kappa shape index (κ3) is 7.29. The van der Waals surface area contributed by atoms with E-state index in [0.29, 0.717) is 5.57 Å². The molecule has 0 radical (unpaired) electrons. The van der Waals surface area contributed by atoms with Gasteiger partial charge in [0.2, 0.25) is 0 Å². The van der Waals surface area contributed by atoms with Gasteiger partial charge < -0.3 is 0 Å². The molecule has 0 heterocycles. The van der Waals surface area contributed by atoms with Crippen molar-refractivity contribution in [1.82, 2.24) is 0 Å². The van der Waals surface area contributed by atoms with Crippen LogP contribution in [0.15, 0.2) is 60.5 Å². The molecule has 1 aromatic rings. The summed E-state index contributed by atoms with van der Waals surface area (Å²) in [6.45, 7) is 11.1. The number of aryl methyl sites for hydroxylation is 2. The molecule has 0 unspecified atom stereocenters. The number of hydrogen-bond donors (Lipinski definition) is 0. The van der Waals surface area contributed by atoms with E-state index in [-0.39, 0.29) is 5.83 Å². The minimum absolute atomic E-state index is 0.215. The van der Waals surface area contributed by atoms with Gasteiger partial charge in [-0.3, -0.25) is 0 Å². The Morgan fingerprint density at radius 2 is 1.76 bits per heavy atom. The van der Waals surface area contributed by atoms with Gasteiger partial charge in [-0.25, -0.2) is 4.39 Å². The van der Waals surface area contributed by atoms with Crippen LogP contribution in [0.3, 0.4) is 0 Å². The molecule has 0 spiro atoms. The first-order valence-corrected chi connectivity index (χ1v) is 5.66. The van der Waals surface area contributed by atoms with Crippen LogP contribution in [0.2, 0.25) is 0 Å². The van der Waals surface area contributed by atoms with Crippen LogP contribution in [0.4, 0.5) is 4.39 Å². The Kier molecular flexibility index (Phi) is 7.70. The van der Waals surface area contributed by atoms with Gasteiger partial charge in [0, 0.05) is 0 Å². The van der Waals surface area contributed by atoms with Crippen molar-refractivity contribution in [2.24, 2.45) is 0 Å². The van der Waals surface area contributed by atoms with Crippen molar-refractivity contribution in [3.63, 3.8) is 0 Å². The van der Waals surface area contributed by atoms with Crippen molar-refractivity contribution >= 4 is 0 Å². The monoisotopic (exact) mass is 232 g/mol. The van der Waals surface area contributed by atoms with E-state index in [4.69, 9.17) is 0 Å². The van der Waals surface area contributed by atoms with Crippen LogP contribution < -0.4 is 0 Å². The van der Waals surface area contributed by atoms with Crippen molar-refractivity contribution < 1.29 is 4.39 Å². The lowest BCUT2D eigenvalue weighted by atomic mass is 10.2. The first kappa shape index (κ1) is 15.4. The fourth-order valence-corrected chi connectivity index (χ4v) is 1.18. The number of allylic oxidation sites excluding steroid dienone is 5. The Hall–Kier alpha value is -1.63. The lowest BCUT2D eigenvalue weighted by Crippen LogP contribution is -1.71. The third-order valence-corrected chi connectivity index (χ3v) is 2.17. The van der Waals surface area contributed by atoms with Crippen molar-refractivity contribution in [2.45, 2.75) is 27.7 Å². The first-order chi connectivity index (χ1) is 8.01. The maximum absolute atomic E-state index is 12.5. The molecule has 0 aliphatic rings. The van der Waals surface area contributed by atoms with Crippen molar-refractivity contribution in [2.75, 3.05) is 0 Å². The molecule has 0 atom stereocenters. The molecule has 0 aliphatic heterocycles. The lowest BCUT2D eigenvalue weighted by Gasteiger charge is -1.90. The van der Waals surface area contributed by atoms with E-state index in [1.807, 2.05) is 0 Å². The molecule has 0 bridgehead atoms. The number of rotatable bonds is 2. The zero-order chi connectivity index (χ0) is 13.3. The topological polar surface area (TPSA) is 0 Å². The number of hydrogen-bond acceptors (Lipinski definition) is 0. The van der Waals surface area contributed by atoms with E-state index in [2.05, 4.69) is 44.7 Å². The summed E-state index contributed by atoms with van der Waals surface area (Å²) in [7, 11) is 0. The van der Waals surface area contributed by atoms with Crippen molar-refractivity contribution in [3.8, 4) is 0 Å². The van der Waals surface area contributed by atoms with Crippen LogP contribution in [0.5, 0.6) is 0 Å². The maximum atomic E-state index is 12.5. The zero-order valence-electron chi connectivity index (χ0n) is 11.1. The van der Waals surface area contributed by atoms with E-state index in [0.717, 1.165) is 0 Å². The van der Waals surface area contributed by atoms with Gasteiger partial charge in [0.1, 0.15) is 5.83 Å². The van der Waals surface area contributed by atoms with E-state index in [9.17, 15) is 4.39 Å². The van der Waals surface area contributed by atoms with E-state index in [1.54, 1.807) is 19.9 Å². The molecule has 92 valence electrons. The maximum Gasteiger partial charge on any atom is 0.125 e. The Balaban J connectivity index is 0.000000302. The third-order valence-electron chi connectivity index (χ3n) is 2.17. The summed E-state index contributed by atoms with van der Waals surface area (Å²) in [6.07, 6.45) is 4.56. The second kappa shape index (κ2) is 8.51. The van der Waals surface area contributed by atoms with Gasteiger partial charge in [-0.2, -0.15) is 0 Å². The fraction of sp³-hybridized carbons (Fsp3) is 0.250. The molecule has 0 fully saturated rings. The van der Waals surface area contributed by atoms with E-state index >= 15 is 0 Å². The summed E-state index contributed by atoms with van der Waals surface area (Å²) in [5, 5.41) is 0. The normalized spacial score (nSPS) is 11.6. The molecule has 0 saturated heterocycles. The van der Waals surface area contributed by atoms with Gasteiger partial charge in [0.25, 0.3) is 0 Å². The molecule has 17 heavy (non-hydrogen) atoms. The number of halogens is 1. The Labute approximate surface area is 104 Å². The van der Waals surface area contributed by atoms with Gasteiger partial charge in [-0.15, -0.1) is 0 Å². The highest BCUT2D eigenvalue weighted by Crippen LogP contribution is 2.06. The summed E-state index contributed by atoms with van der Waals surface area (Å²) in [5.41, 5.74) is 3.25. The second-order valence-corrected chi connectivity index (χ2v) is 3.89. The van der Waals surface area contributed by atoms with E-state index in [1.165, 1.54) is 23.3 Å². The van der Waals surface area contributed by atoms with Gasteiger partial charge >= 0.3 is 0 Å². The molecular weight excluding hydrogens is 211 g/mol. The fourth-order valence-electron chi connectivity index (χ4n) is 1.18. The molecule has 0 saturated carbocycles. The molecule has 0 aromatic heterocycles. The molecule has 1 aromatic carbocycles. The first-order valence-electron chi connectivity index (χ1n) is 5.66.